The lowest BCUT2D eigenvalue weighted by molar-refractivity contribution is -0.192. The summed E-state index contributed by atoms with van der Waals surface area (Å²) in [6.07, 6.45) is 4.63. The highest BCUT2D eigenvalue weighted by Gasteiger charge is 2.38. The number of carboxylic acids is 1. The van der Waals surface area contributed by atoms with Gasteiger partial charge in [0, 0.05) is 47.6 Å². The zero-order valence-corrected chi connectivity index (χ0v) is 28.7. The second-order valence-electron chi connectivity index (χ2n) is 11.7. The summed E-state index contributed by atoms with van der Waals surface area (Å²) in [4.78, 5) is 57.2. The molecule has 0 saturated heterocycles. The van der Waals surface area contributed by atoms with Gasteiger partial charge in [-0.05, 0) is 50.1 Å². The van der Waals surface area contributed by atoms with Crippen LogP contribution in [0.3, 0.4) is 0 Å². The van der Waals surface area contributed by atoms with Crippen molar-refractivity contribution in [2.75, 3.05) is 11.9 Å². The summed E-state index contributed by atoms with van der Waals surface area (Å²) >= 11 is 6.37. The van der Waals surface area contributed by atoms with Crippen LogP contribution < -0.4 is 10.9 Å². The first-order valence-electron chi connectivity index (χ1n) is 15.9. The zero-order valence-electron chi connectivity index (χ0n) is 28.0. The molecule has 52 heavy (non-hydrogen) atoms. The Kier molecular flexibility index (Phi) is 11.2. The minimum Gasteiger partial charge on any atom is -0.475 e. The number of benzene rings is 1. The number of nitrogens with zero attached hydrogens (tertiary/aromatic N) is 7. The molecular weight excluding hydrogens is 709 g/mol. The van der Waals surface area contributed by atoms with E-state index >= 15 is 0 Å². The molecule has 4 aromatic heterocycles. The number of esters is 1. The summed E-state index contributed by atoms with van der Waals surface area (Å²) < 4.78 is 41.6. The highest BCUT2D eigenvalue weighted by atomic mass is 35.5. The predicted octanol–water partition coefficient (Wildman–Crippen LogP) is 5.70. The van der Waals surface area contributed by atoms with Gasteiger partial charge in [-0.1, -0.05) is 24.9 Å². The number of pyridine rings is 1. The first kappa shape index (κ1) is 37.4. The van der Waals surface area contributed by atoms with E-state index in [-0.39, 0.29) is 24.0 Å². The Morgan fingerprint density at radius 3 is 2.52 bits per heavy atom. The molecule has 6 rings (SSSR count). The van der Waals surface area contributed by atoms with Crippen LogP contribution in [0, 0.1) is 5.92 Å². The Morgan fingerprint density at radius 2 is 1.83 bits per heavy atom. The number of aryl methyl sites for hydroxylation is 1. The molecule has 1 aromatic carbocycles. The van der Waals surface area contributed by atoms with Crippen molar-refractivity contribution in [3.05, 3.63) is 94.1 Å². The van der Waals surface area contributed by atoms with Gasteiger partial charge in [0.2, 0.25) is 5.91 Å². The maximum atomic E-state index is 13.8. The van der Waals surface area contributed by atoms with Crippen LogP contribution in [0.4, 0.5) is 18.9 Å². The van der Waals surface area contributed by atoms with Gasteiger partial charge in [0.15, 0.2) is 0 Å². The van der Waals surface area contributed by atoms with Crippen LogP contribution in [0.15, 0.2) is 72.3 Å². The minimum absolute atomic E-state index is 0.0808. The molecule has 2 bridgehead atoms. The quantitative estimate of drug-likeness (QED) is 0.213. The fourth-order valence-corrected chi connectivity index (χ4v) is 5.73. The van der Waals surface area contributed by atoms with Crippen LogP contribution >= 0.6 is 11.6 Å². The molecule has 2 atom stereocenters. The number of carboxylic acid groups (broad SMARTS) is 1. The highest BCUT2D eigenvalue weighted by Crippen LogP contribution is 2.33. The number of aromatic nitrogens is 7. The number of carbonyl (C=O) groups is 3. The second-order valence-corrected chi connectivity index (χ2v) is 12.2. The molecule has 5 aromatic rings. The van der Waals surface area contributed by atoms with Crippen LogP contribution in [-0.2, 0) is 21.4 Å². The summed E-state index contributed by atoms with van der Waals surface area (Å²) in [7, 11) is 1.82. The van der Waals surface area contributed by atoms with E-state index in [9.17, 15) is 27.6 Å². The molecule has 18 heteroatoms. The van der Waals surface area contributed by atoms with Crippen LogP contribution in [0.25, 0.3) is 28.2 Å². The van der Waals surface area contributed by atoms with E-state index < -0.39 is 24.2 Å². The number of anilines is 1. The van der Waals surface area contributed by atoms with Crippen molar-refractivity contribution >= 4 is 35.1 Å². The maximum absolute atomic E-state index is 13.8. The molecule has 5 heterocycles. The molecule has 0 radical (unpaired) electrons. The average molecular weight is 741 g/mol. The smallest absolute Gasteiger partial charge is 0.475 e. The number of rotatable bonds is 5. The number of nitrogens with one attached hydrogen (secondary N) is 1. The molecule has 272 valence electrons. The highest BCUT2D eigenvalue weighted by molar-refractivity contribution is 6.31. The molecular formula is C34H32ClF3N8O6. The van der Waals surface area contributed by atoms with Crippen molar-refractivity contribution in [3.8, 4) is 28.2 Å². The van der Waals surface area contributed by atoms with Gasteiger partial charge in [-0.2, -0.15) is 23.4 Å². The summed E-state index contributed by atoms with van der Waals surface area (Å²) in [6, 6.07) is 9.97. The summed E-state index contributed by atoms with van der Waals surface area (Å²) in [5.74, 6) is -3.56. The van der Waals surface area contributed by atoms with Crippen molar-refractivity contribution in [3.63, 3.8) is 0 Å². The van der Waals surface area contributed by atoms with Gasteiger partial charge < -0.3 is 15.2 Å². The fourth-order valence-electron chi connectivity index (χ4n) is 5.56. The van der Waals surface area contributed by atoms with Gasteiger partial charge >= 0.3 is 18.1 Å². The van der Waals surface area contributed by atoms with E-state index in [4.69, 9.17) is 26.2 Å². The number of hydrogen-bond acceptors (Lipinski definition) is 9. The van der Waals surface area contributed by atoms with E-state index in [2.05, 4.69) is 25.5 Å². The normalized spacial score (nSPS) is 15.9. The van der Waals surface area contributed by atoms with Gasteiger partial charge in [-0.25, -0.2) is 19.3 Å². The maximum Gasteiger partial charge on any atom is 0.490 e. The Morgan fingerprint density at radius 1 is 1.08 bits per heavy atom. The van der Waals surface area contributed by atoms with Crippen molar-refractivity contribution < 1.29 is 37.4 Å². The Bertz CT molecular complexity index is 2180. The molecule has 1 aliphatic heterocycles. The number of halogens is 4. The van der Waals surface area contributed by atoms with E-state index in [1.807, 2.05) is 26.1 Å². The van der Waals surface area contributed by atoms with Crippen LogP contribution in [-0.4, -0.2) is 69.8 Å². The van der Waals surface area contributed by atoms with Gasteiger partial charge in [-0.15, -0.1) is 0 Å². The number of ether oxygens (including phenoxy) is 1. The number of aliphatic carboxylic acids is 1. The van der Waals surface area contributed by atoms with Gasteiger partial charge in [0.05, 0.1) is 65.4 Å². The molecule has 0 aliphatic carbocycles. The van der Waals surface area contributed by atoms with E-state index in [0.717, 1.165) is 11.3 Å². The van der Waals surface area contributed by atoms with Crippen molar-refractivity contribution in [2.24, 2.45) is 13.0 Å². The van der Waals surface area contributed by atoms with Crippen LogP contribution in [0.1, 0.15) is 55.2 Å². The summed E-state index contributed by atoms with van der Waals surface area (Å²) in [6.45, 7) is 3.87. The third kappa shape index (κ3) is 8.37. The first-order valence-corrected chi connectivity index (χ1v) is 16.2. The van der Waals surface area contributed by atoms with Gasteiger partial charge in [0.1, 0.15) is 0 Å². The summed E-state index contributed by atoms with van der Waals surface area (Å²) in [5, 5.41) is 19.3. The molecule has 0 saturated carbocycles. The molecule has 0 fully saturated rings. The van der Waals surface area contributed by atoms with Crippen molar-refractivity contribution in [1.82, 2.24) is 34.1 Å². The third-order valence-electron chi connectivity index (χ3n) is 8.14. The fraction of sp³-hybridized carbons (Fsp3) is 0.294. The predicted molar refractivity (Wildman–Crippen MR) is 182 cm³/mol. The van der Waals surface area contributed by atoms with E-state index in [1.165, 1.54) is 23.3 Å². The SMILES string of the molecule is CCOC(=O)c1cnn(-c2ccc(Cl)cc2-c2cc(=O)n([C@H]3CCC[C@@H](C)C(=O)Nc4cnn(C)c4-c4ccnc3c4)cn2)c1.O=C(O)C(F)(F)F. The standard InChI is InChI=1S/C32H31ClN8O4.C2HF3O2/c1-4-45-32(44)21-15-37-41(17-21)27-9-8-22(33)13-23(27)24-14-29(42)40(18-35-24)28-7-5-6-19(2)31(43)38-26-16-36-39(3)30(26)20-10-11-34-25(28)12-20;3-2(4,5)1(6)7/h8-19,28H,4-7H2,1-3H3,(H,38,43);(H,6,7)/t19-,28+;/m1./s1. The van der Waals surface area contributed by atoms with Crippen molar-refractivity contribution in [2.45, 2.75) is 45.3 Å². The van der Waals surface area contributed by atoms with Gasteiger partial charge in [-0.3, -0.25) is 23.8 Å². The average Bonchev–Trinajstić information content (AvgIpc) is 3.73. The first-order chi connectivity index (χ1) is 24.7. The van der Waals surface area contributed by atoms with Crippen LogP contribution in [0.2, 0.25) is 5.02 Å². The van der Waals surface area contributed by atoms with Crippen LogP contribution in [0.5, 0.6) is 0 Å². The zero-order chi connectivity index (χ0) is 37.7. The number of alkyl halides is 3. The van der Waals surface area contributed by atoms with Gasteiger partial charge in [0.25, 0.3) is 5.56 Å². The van der Waals surface area contributed by atoms with E-state index in [1.54, 1.807) is 53.0 Å². The molecule has 2 N–H and O–H groups in total. The van der Waals surface area contributed by atoms with Crippen molar-refractivity contribution in [1.29, 1.82) is 0 Å². The molecule has 0 unspecified atom stereocenters. The lowest BCUT2D eigenvalue weighted by Gasteiger charge is -2.22. The second kappa shape index (κ2) is 15.6. The summed E-state index contributed by atoms with van der Waals surface area (Å²) in [5.41, 5.74) is 4.43. The Balaban J connectivity index is 0.000000679. The lowest BCUT2D eigenvalue weighted by Crippen LogP contribution is -2.27. The molecule has 1 amide bonds. The Hall–Kier alpha value is -5.84. The number of amides is 1. The molecule has 1 aliphatic rings. The number of carbonyl (C=O) groups excluding carboxylic acids is 2. The number of fused-ring (bicyclic) bond motifs is 4. The molecule has 14 nitrogen and oxygen atoms in total. The topological polar surface area (TPSA) is 176 Å². The number of hydrogen-bond donors (Lipinski definition) is 2. The van der Waals surface area contributed by atoms with E-state index in [0.29, 0.717) is 58.2 Å². The largest absolute Gasteiger partial charge is 0.490 e. The Labute approximate surface area is 298 Å². The lowest BCUT2D eigenvalue weighted by atomic mass is 9.97. The molecule has 0 spiro atoms. The minimum atomic E-state index is -5.08. The monoisotopic (exact) mass is 740 g/mol. The third-order valence-corrected chi connectivity index (χ3v) is 8.38.